The lowest BCUT2D eigenvalue weighted by molar-refractivity contribution is -0.140. The van der Waals surface area contributed by atoms with E-state index in [2.05, 4.69) is 4.74 Å². The maximum absolute atomic E-state index is 12.3. The summed E-state index contributed by atoms with van der Waals surface area (Å²) in [5.74, 6) is -0.180. The maximum Gasteiger partial charge on any atom is 0.305 e. The summed E-state index contributed by atoms with van der Waals surface area (Å²) in [7, 11) is 1.38. The van der Waals surface area contributed by atoms with Crippen LogP contribution in [0.1, 0.15) is 58.3 Å². The first-order chi connectivity index (χ1) is 8.11. The van der Waals surface area contributed by atoms with Crippen LogP contribution in [0, 0.1) is 0 Å². The van der Waals surface area contributed by atoms with Crippen LogP contribution in [0.5, 0.6) is 0 Å². The molecule has 0 rings (SSSR count). The number of allylic oxidation sites excluding steroid dienone is 1. The van der Waals surface area contributed by atoms with Gasteiger partial charge in [0.15, 0.2) is 0 Å². The summed E-state index contributed by atoms with van der Waals surface area (Å²) in [6.45, 7) is 1.75. The minimum absolute atomic E-state index is 0.180. The second-order valence-corrected chi connectivity index (χ2v) is 4.06. The van der Waals surface area contributed by atoms with Crippen LogP contribution < -0.4 is 0 Å². The Morgan fingerprint density at radius 2 is 1.53 bits per heavy atom. The van der Waals surface area contributed by atoms with Crippen LogP contribution in [0.3, 0.4) is 0 Å². The molecule has 0 aliphatic rings. The number of methoxy groups -OCH3 is 1. The van der Waals surface area contributed by atoms with Gasteiger partial charge >= 0.3 is 5.97 Å². The molecule has 2 nitrogen and oxygen atoms in total. The van der Waals surface area contributed by atoms with Gasteiger partial charge in [-0.3, -0.25) is 4.79 Å². The van der Waals surface area contributed by atoms with E-state index in [9.17, 15) is 13.6 Å². The van der Waals surface area contributed by atoms with Crippen molar-refractivity contribution in [3.05, 3.63) is 11.7 Å². The van der Waals surface area contributed by atoms with E-state index in [1.807, 2.05) is 0 Å². The van der Waals surface area contributed by atoms with Gasteiger partial charge < -0.3 is 4.74 Å². The van der Waals surface area contributed by atoms with E-state index in [1.54, 1.807) is 6.92 Å². The molecule has 0 atom stereocenters. The van der Waals surface area contributed by atoms with Crippen LogP contribution in [-0.4, -0.2) is 13.1 Å². The van der Waals surface area contributed by atoms with Crippen LogP contribution in [0.25, 0.3) is 0 Å². The summed E-state index contributed by atoms with van der Waals surface area (Å²) in [5.41, 5.74) is 0.277. The molecule has 17 heavy (non-hydrogen) atoms. The Bertz CT molecular complexity index is 246. The fraction of sp³-hybridized carbons (Fsp3) is 0.769. The number of esters is 1. The highest BCUT2D eigenvalue weighted by Crippen LogP contribution is 2.19. The van der Waals surface area contributed by atoms with E-state index >= 15 is 0 Å². The normalized spacial score (nSPS) is 10.1. The average molecular weight is 248 g/mol. The van der Waals surface area contributed by atoms with Gasteiger partial charge in [0.1, 0.15) is 0 Å². The molecule has 100 valence electrons. The number of carbonyl (C=O) groups is 1. The van der Waals surface area contributed by atoms with Crippen molar-refractivity contribution in [2.75, 3.05) is 7.11 Å². The zero-order chi connectivity index (χ0) is 13.1. The molecule has 0 saturated carbocycles. The molecule has 0 aromatic heterocycles. The van der Waals surface area contributed by atoms with E-state index in [1.165, 1.54) is 7.11 Å². The molecule has 0 bridgehead atoms. The Balaban J connectivity index is 3.41. The molecule has 0 fully saturated rings. The van der Waals surface area contributed by atoms with Crippen molar-refractivity contribution in [1.29, 1.82) is 0 Å². The summed E-state index contributed by atoms with van der Waals surface area (Å²) in [6, 6.07) is 0. The van der Waals surface area contributed by atoms with Crippen molar-refractivity contribution < 1.29 is 18.3 Å². The molecule has 0 spiro atoms. The predicted octanol–water partition coefficient (Wildman–Crippen LogP) is 4.45. The Hall–Kier alpha value is -0.930. The molecular formula is C13H22F2O2. The van der Waals surface area contributed by atoms with Gasteiger partial charge in [-0.15, -0.1) is 0 Å². The minimum atomic E-state index is -1.52. The molecule has 0 amide bonds. The second-order valence-electron chi connectivity index (χ2n) is 4.06. The molecule has 0 saturated heterocycles. The fourth-order valence-electron chi connectivity index (χ4n) is 1.65. The monoisotopic (exact) mass is 248 g/mol. The number of rotatable bonds is 9. The van der Waals surface area contributed by atoms with Crippen molar-refractivity contribution in [2.45, 2.75) is 58.3 Å². The first kappa shape index (κ1) is 16.1. The van der Waals surface area contributed by atoms with Gasteiger partial charge in [0.05, 0.1) is 7.11 Å². The van der Waals surface area contributed by atoms with Crippen molar-refractivity contribution in [1.82, 2.24) is 0 Å². The van der Waals surface area contributed by atoms with Gasteiger partial charge in [-0.2, -0.15) is 8.78 Å². The summed E-state index contributed by atoms with van der Waals surface area (Å²) in [6.07, 6.45) is 4.38. The van der Waals surface area contributed by atoms with E-state index in [4.69, 9.17) is 0 Å². The van der Waals surface area contributed by atoms with Gasteiger partial charge in [0.25, 0.3) is 6.08 Å². The Morgan fingerprint density at radius 1 is 1.00 bits per heavy atom. The molecule has 0 heterocycles. The number of halogens is 2. The SMILES string of the molecule is CCC(CCCCCCCC(=O)OC)=C(F)F. The molecule has 0 unspecified atom stereocenters. The first-order valence-electron chi connectivity index (χ1n) is 6.21. The highest BCUT2D eigenvalue weighted by Gasteiger charge is 2.03. The smallest absolute Gasteiger partial charge is 0.305 e. The molecule has 0 N–H and O–H groups in total. The summed E-state index contributed by atoms with van der Waals surface area (Å²) in [5, 5.41) is 0. The van der Waals surface area contributed by atoms with Crippen LogP contribution in [0.4, 0.5) is 8.78 Å². The van der Waals surface area contributed by atoms with Gasteiger partial charge in [0.2, 0.25) is 0 Å². The number of ether oxygens (including phenoxy) is 1. The Labute approximate surface area is 102 Å². The largest absolute Gasteiger partial charge is 0.469 e. The molecule has 0 aromatic rings. The molecule has 0 aromatic carbocycles. The third kappa shape index (κ3) is 8.83. The minimum Gasteiger partial charge on any atom is -0.469 e. The Morgan fingerprint density at radius 3 is 2.00 bits per heavy atom. The molecule has 4 heteroatoms. The average Bonchev–Trinajstić information content (AvgIpc) is 2.31. The third-order valence-electron chi connectivity index (χ3n) is 2.78. The van der Waals surface area contributed by atoms with E-state index in [-0.39, 0.29) is 11.5 Å². The summed E-state index contributed by atoms with van der Waals surface area (Å²) in [4.78, 5) is 10.8. The van der Waals surface area contributed by atoms with Crippen molar-refractivity contribution in [3.8, 4) is 0 Å². The van der Waals surface area contributed by atoms with E-state index < -0.39 is 6.08 Å². The lowest BCUT2D eigenvalue weighted by Crippen LogP contribution is -1.99. The van der Waals surface area contributed by atoms with Crippen LogP contribution in [0.15, 0.2) is 11.7 Å². The van der Waals surface area contributed by atoms with Crippen molar-refractivity contribution >= 4 is 5.97 Å². The van der Waals surface area contributed by atoms with Crippen LogP contribution in [-0.2, 0) is 9.53 Å². The standard InChI is InChI=1S/C13H22F2O2/c1-3-11(13(14)15)9-7-5-4-6-8-10-12(16)17-2/h3-10H2,1-2H3. The number of unbranched alkanes of at least 4 members (excludes halogenated alkanes) is 4. The molecular weight excluding hydrogens is 226 g/mol. The fourth-order valence-corrected chi connectivity index (χ4v) is 1.65. The van der Waals surface area contributed by atoms with Crippen molar-refractivity contribution in [3.63, 3.8) is 0 Å². The van der Waals surface area contributed by atoms with Crippen molar-refractivity contribution in [2.24, 2.45) is 0 Å². The number of hydrogen-bond acceptors (Lipinski definition) is 2. The molecule has 0 aliphatic heterocycles. The summed E-state index contributed by atoms with van der Waals surface area (Å²) >= 11 is 0. The van der Waals surface area contributed by atoms with Crippen LogP contribution >= 0.6 is 0 Å². The quantitative estimate of drug-likeness (QED) is 0.445. The first-order valence-corrected chi connectivity index (χ1v) is 6.21. The lowest BCUT2D eigenvalue weighted by Gasteiger charge is -2.03. The van der Waals surface area contributed by atoms with E-state index in [0.717, 1.165) is 32.1 Å². The zero-order valence-corrected chi connectivity index (χ0v) is 10.7. The summed E-state index contributed by atoms with van der Waals surface area (Å²) < 4.78 is 29.1. The Kier molecular flexibility index (Phi) is 9.68. The highest BCUT2D eigenvalue weighted by atomic mass is 19.3. The molecule has 0 aliphatic carbocycles. The number of carbonyl (C=O) groups excluding carboxylic acids is 1. The predicted molar refractivity (Wildman–Crippen MR) is 63.9 cm³/mol. The van der Waals surface area contributed by atoms with Crippen LogP contribution in [0.2, 0.25) is 0 Å². The lowest BCUT2D eigenvalue weighted by atomic mass is 10.0. The second kappa shape index (κ2) is 10.2. The third-order valence-corrected chi connectivity index (χ3v) is 2.78. The number of hydrogen-bond donors (Lipinski definition) is 0. The van der Waals surface area contributed by atoms with Gasteiger partial charge in [-0.05, 0) is 31.3 Å². The maximum atomic E-state index is 12.3. The van der Waals surface area contributed by atoms with E-state index in [0.29, 0.717) is 19.3 Å². The molecule has 0 radical (unpaired) electrons. The van der Waals surface area contributed by atoms with Gasteiger partial charge in [0, 0.05) is 6.42 Å². The highest BCUT2D eigenvalue weighted by molar-refractivity contribution is 5.68. The zero-order valence-electron chi connectivity index (χ0n) is 10.7. The van der Waals surface area contributed by atoms with Gasteiger partial charge in [-0.25, -0.2) is 0 Å². The van der Waals surface area contributed by atoms with Gasteiger partial charge in [-0.1, -0.05) is 26.2 Å². The topological polar surface area (TPSA) is 26.3 Å².